The lowest BCUT2D eigenvalue weighted by Gasteiger charge is -2.01. The van der Waals surface area contributed by atoms with Gasteiger partial charge in [0.05, 0.1) is 0 Å². The summed E-state index contributed by atoms with van der Waals surface area (Å²) in [6.07, 6.45) is 0. The molecule has 0 atom stereocenters. The van der Waals surface area contributed by atoms with Crippen molar-refractivity contribution in [2.75, 3.05) is 0 Å². The van der Waals surface area contributed by atoms with Crippen LogP contribution in [-0.2, 0) is 0 Å². The summed E-state index contributed by atoms with van der Waals surface area (Å²) in [5.74, 6) is 0.270. The molecule has 3 rings (SSSR count). The molecule has 0 amide bonds. The van der Waals surface area contributed by atoms with Crippen LogP contribution in [0.1, 0.15) is 0 Å². The van der Waals surface area contributed by atoms with E-state index in [2.05, 4.69) is 15.4 Å². The summed E-state index contributed by atoms with van der Waals surface area (Å²) in [5, 5.41) is 19.8. The average Bonchev–Trinajstić information content (AvgIpc) is 2.77. The van der Waals surface area contributed by atoms with E-state index in [0.29, 0.717) is 0 Å². The Morgan fingerprint density at radius 1 is 0.812 bits per heavy atom. The normalized spacial score (nSPS) is 10.8. The van der Waals surface area contributed by atoms with Crippen molar-refractivity contribution in [1.29, 1.82) is 0 Å². The topological polar surface area (TPSA) is 61.8 Å². The van der Waals surface area contributed by atoms with Gasteiger partial charge in [-0.2, -0.15) is 15.4 Å². The summed E-state index contributed by atoms with van der Waals surface area (Å²) in [6.45, 7) is 0. The van der Waals surface area contributed by atoms with Gasteiger partial charge in [-0.05, 0) is 35.4 Å². The Balaban J connectivity index is 2.14. The number of aromatic hydroxyl groups is 1. The van der Waals surface area contributed by atoms with Gasteiger partial charge < -0.3 is 5.11 Å². The van der Waals surface area contributed by atoms with Crippen LogP contribution in [0.4, 0.5) is 0 Å². The Kier molecular flexibility index (Phi) is 1.86. The maximum absolute atomic E-state index is 9.21. The highest BCUT2D eigenvalue weighted by atomic mass is 16.3. The predicted octanol–water partition coefficient (Wildman–Crippen LogP) is 2.33. The number of hydrogen-bond donors (Lipinski definition) is 2. The first-order chi connectivity index (χ1) is 7.83. The largest absolute Gasteiger partial charge is 0.508 e. The van der Waals surface area contributed by atoms with Crippen LogP contribution in [0.2, 0.25) is 0 Å². The van der Waals surface area contributed by atoms with Crippen molar-refractivity contribution < 1.29 is 5.11 Å². The first-order valence-corrected chi connectivity index (χ1v) is 4.93. The first-order valence-electron chi connectivity index (χ1n) is 4.93. The Morgan fingerprint density at radius 2 is 1.50 bits per heavy atom. The van der Waals surface area contributed by atoms with Gasteiger partial charge in [0, 0.05) is 0 Å². The Hall–Kier alpha value is -2.36. The van der Waals surface area contributed by atoms with Crippen molar-refractivity contribution in [2.45, 2.75) is 0 Å². The number of phenols is 1. The quantitative estimate of drug-likeness (QED) is 0.649. The van der Waals surface area contributed by atoms with Gasteiger partial charge in [-0.15, -0.1) is 0 Å². The molecule has 0 fully saturated rings. The van der Waals surface area contributed by atoms with Crippen LogP contribution in [0.3, 0.4) is 0 Å². The van der Waals surface area contributed by atoms with E-state index in [-0.39, 0.29) is 5.75 Å². The number of phenolic OH excluding ortho intramolecular Hbond substituents is 1. The number of rotatable bonds is 1. The zero-order valence-corrected chi connectivity index (χ0v) is 8.38. The maximum Gasteiger partial charge on any atom is 0.115 e. The standard InChI is InChI=1S/C12H9N3O/c16-10-4-1-8(2-5-10)9-3-6-11-12(7-9)14-15-13-11/h1-7,16H,(H,13,14,15). The van der Waals surface area contributed by atoms with Crippen molar-refractivity contribution in [2.24, 2.45) is 0 Å². The summed E-state index contributed by atoms with van der Waals surface area (Å²) < 4.78 is 0. The van der Waals surface area contributed by atoms with Gasteiger partial charge in [0.2, 0.25) is 0 Å². The number of nitrogens with one attached hydrogen (secondary N) is 1. The number of aromatic amines is 1. The number of fused-ring (bicyclic) bond motifs is 1. The molecular weight excluding hydrogens is 202 g/mol. The minimum Gasteiger partial charge on any atom is -0.508 e. The molecule has 0 radical (unpaired) electrons. The van der Waals surface area contributed by atoms with E-state index in [0.717, 1.165) is 22.2 Å². The van der Waals surface area contributed by atoms with E-state index < -0.39 is 0 Å². The minimum atomic E-state index is 0.270. The molecule has 2 aromatic carbocycles. The second kappa shape index (κ2) is 3.34. The molecular formula is C12H9N3O. The summed E-state index contributed by atoms with van der Waals surface area (Å²) in [4.78, 5) is 0. The number of nitrogens with zero attached hydrogens (tertiary/aromatic N) is 2. The molecule has 0 saturated heterocycles. The molecule has 1 heterocycles. The molecule has 0 saturated carbocycles. The van der Waals surface area contributed by atoms with Gasteiger partial charge >= 0.3 is 0 Å². The highest BCUT2D eigenvalue weighted by Gasteiger charge is 2.02. The summed E-state index contributed by atoms with van der Waals surface area (Å²) in [7, 11) is 0. The van der Waals surface area contributed by atoms with Gasteiger partial charge in [-0.25, -0.2) is 0 Å². The van der Waals surface area contributed by atoms with Gasteiger partial charge in [0.1, 0.15) is 16.8 Å². The van der Waals surface area contributed by atoms with Crippen LogP contribution in [0.5, 0.6) is 5.75 Å². The molecule has 0 bridgehead atoms. The zero-order valence-electron chi connectivity index (χ0n) is 8.38. The zero-order chi connectivity index (χ0) is 11.0. The molecule has 16 heavy (non-hydrogen) atoms. The van der Waals surface area contributed by atoms with Crippen LogP contribution < -0.4 is 0 Å². The second-order valence-corrected chi connectivity index (χ2v) is 3.57. The van der Waals surface area contributed by atoms with Gasteiger partial charge in [0.25, 0.3) is 0 Å². The highest BCUT2D eigenvalue weighted by Crippen LogP contribution is 2.24. The smallest absolute Gasteiger partial charge is 0.115 e. The van der Waals surface area contributed by atoms with E-state index in [1.54, 1.807) is 12.1 Å². The van der Waals surface area contributed by atoms with E-state index >= 15 is 0 Å². The molecule has 4 nitrogen and oxygen atoms in total. The fraction of sp³-hybridized carbons (Fsp3) is 0. The fourth-order valence-electron chi connectivity index (χ4n) is 1.67. The predicted molar refractivity (Wildman–Crippen MR) is 61.0 cm³/mol. The van der Waals surface area contributed by atoms with E-state index in [1.165, 1.54) is 0 Å². The number of H-pyrrole nitrogens is 1. The molecule has 3 aromatic rings. The molecule has 0 aliphatic rings. The minimum absolute atomic E-state index is 0.270. The van der Waals surface area contributed by atoms with Gasteiger partial charge in [-0.1, -0.05) is 18.2 Å². The molecule has 78 valence electrons. The van der Waals surface area contributed by atoms with E-state index in [4.69, 9.17) is 0 Å². The van der Waals surface area contributed by atoms with Crippen LogP contribution in [-0.4, -0.2) is 20.5 Å². The van der Waals surface area contributed by atoms with Crippen molar-refractivity contribution in [3.8, 4) is 16.9 Å². The molecule has 0 aliphatic carbocycles. The first kappa shape index (κ1) is 8.91. The van der Waals surface area contributed by atoms with E-state index in [1.807, 2.05) is 30.3 Å². The third kappa shape index (κ3) is 1.40. The summed E-state index contributed by atoms with van der Waals surface area (Å²) in [5.41, 5.74) is 3.79. The van der Waals surface area contributed by atoms with E-state index in [9.17, 15) is 5.11 Å². The second-order valence-electron chi connectivity index (χ2n) is 3.57. The monoisotopic (exact) mass is 211 g/mol. The number of aromatic nitrogens is 3. The lowest BCUT2D eigenvalue weighted by Crippen LogP contribution is -1.77. The third-order valence-corrected chi connectivity index (χ3v) is 2.52. The lowest BCUT2D eigenvalue weighted by molar-refractivity contribution is 0.475. The van der Waals surface area contributed by atoms with Crippen LogP contribution in [0.15, 0.2) is 42.5 Å². The van der Waals surface area contributed by atoms with Crippen molar-refractivity contribution in [3.63, 3.8) is 0 Å². The number of hydrogen-bond acceptors (Lipinski definition) is 3. The average molecular weight is 211 g/mol. The van der Waals surface area contributed by atoms with Gasteiger partial charge in [0.15, 0.2) is 0 Å². The molecule has 4 heteroatoms. The van der Waals surface area contributed by atoms with Crippen LogP contribution >= 0.6 is 0 Å². The molecule has 2 N–H and O–H groups in total. The molecule has 0 spiro atoms. The third-order valence-electron chi connectivity index (χ3n) is 2.52. The molecule has 1 aromatic heterocycles. The summed E-state index contributed by atoms with van der Waals surface area (Å²) >= 11 is 0. The summed E-state index contributed by atoms with van der Waals surface area (Å²) in [6, 6.07) is 12.9. The van der Waals surface area contributed by atoms with Crippen LogP contribution in [0.25, 0.3) is 22.2 Å². The van der Waals surface area contributed by atoms with Crippen molar-refractivity contribution in [1.82, 2.24) is 15.4 Å². The van der Waals surface area contributed by atoms with Gasteiger partial charge in [-0.3, -0.25) is 0 Å². The molecule has 0 aliphatic heterocycles. The fourth-order valence-corrected chi connectivity index (χ4v) is 1.67. The Labute approximate surface area is 91.5 Å². The number of benzene rings is 2. The Morgan fingerprint density at radius 3 is 2.31 bits per heavy atom. The van der Waals surface area contributed by atoms with Crippen molar-refractivity contribution >= 4 is 11.0 Å². The molecule has 0 unspecified atom stereocenters. The van der Waals surface area contributed by atoms with Crippen molar-refractivity contribution in [3.05, 3.63) is 42.5 Å². The maximum atomic E-state index is 9.21. The lowest BCUT2D eigenvalue weighted by atomic mass is 10.1. The van der Waals surface area contributed by atoms with Crippen LogP contribution in [0, 0.1) is 0 Å². The Bertz CT molecular complexity index is 628. The SMILES string of the molecule is Oc1ccc(-c2ccc3n[nH]nc3c2)cc1. The highest BCUT2D eigenvalue weighted by molar-refractivity contribution is 5.80.